The van der Waals surface area contributed by atoms with E-state index in [9.17, 15) is 14.4 Å². The molecule has 0 radical (unpaired) electrons. The number of carbonyl (C=O) groups excluding carboxylic acids is 2. The van der Waals surface area contributed by atoms with Crippen molar-refractivity contribution in [3.63, 3.8) is 0 Å². The first-order chi connectivity index (χ1) is 14.0. The number of benzene rings is 2. The summed E-state index contributed by atoms with van der Waals surface area (Å²) in [5, 5.41) is 5.93. The fourth-order valence-electron chi connectivity index (χ4n) is 2.70. The van der Waals surface area contributed by atoms with Gasteiger partial charge in [-0.1, -0.05) is 24.0 Å². The fraction of sp³-hybridized carbons (Fsp3) is 0.182. The minimum atomic E-state index is -0.194. The molecule has 2 N–H and O–H groups in total. The molecule has 0 saturated heterocycles. The van der Waals surface area contributed by atoms with E-state index in [4.69, 9.17) is 0 Å². The first-order valence-electron chi connectivity index (χ1n) is 9.10. The van der Waals surface area contributed by atoms with Crippen LogP contribution in [0.3, 0.4) is 0 Å². The van der Waals surface area contributed by atoms with E-state index in [0.29, 0.717) is 16.6 Å². The van der Waals surface area contributed by atoms with Gasteiger partial charge in [-0.05, 0) is 36.4 Å². The zero-order valence-corrected chi connectivity index (χ0v) is 15.9. The van der Waals surface area contributed by atoms with E-state index in [2.05, 4.69) is 27.5 Å². The number of rotatable bonds is 5. The van der Waals surface area contributed by atoms with Crippen LogP contribution >= 0.6 is 0 Å². The van der Waals surface area contributed by atoms with Crippen molar-refractivity contribution in [1.82, 2.24) is 14.9 Å². The molecule has 0 aliphatic rings. The summed E-state index contributed by atoms with van der Waals surface area (Å²) in [5.41, 5.74) is 1.96. The quantitative estimate of drug-likeness (QED) is 0.653. The molecular formula is C22H20N4O3. The van der Waals surface area contributed by atoms with E-state index >= 15 is 0 Å². The Morgan fingerprint density at radius 3 is 2.62 bits per heavy atom. The van der Waals surface area contributed by atoms with Gasteiger partial charge in [0.2, 0.25) is 11.8 Å². The summed E-state index contributed by atoms with van der Waals surface area (Å²) in [6.45, 7) is 1.90. The van der Waals surface area contributed by atoms with Crippen LogP contribution in [0.4, 0.5) is 5.69 Å². The van der Waals surface area contributed by atoms with Crippen LogP contribution in [0.5, 0.6) is 0 Å². The molecule has 0 fully saturated rings. The summed E-state index contributed by atoms with van der Waals surface area (Å²) >= 11 is 0. The number of nitrogens with zero attached hydrogens (tertiary/aromatic N) is 2. The third kappa shape index (κ3) is 5.53. The van der Waals surface area contributed by atoms with Gasteiger partial charge in [-0.25, -0.2) is 4.98 Å². The molecule has 146 valence electrons. The SMILES string of the molecule is CC(=O)Nc1ccc(C#CCNC(=O)CCn2cnc3ccccc3c2=O)cc1. The van der Waals surface area contributed by atoms with E-state index in [-0.39, 0.29) is 36.9 Å². The van der Waals surface area contributed by atoms with E-state index in [1.165, 1.54) is 17.8 Å². The van der Waals surface area contributed by atoms with E-state index < -0.39 is 0 Å². The number of aromatic nitrogens is 2. The first-order valence-corrected chi connectivity index (χ1v) is 9.10. The van der Waals surface area contributed by atoms with Gasteiger partial charge >= 0.3 is 0 Å². The van der Waals surface area contributed by atoms with E-state index in [1.54, 1.807) is 42.5 Å². The van der Waals surface area contributed by atoms with Crippen LogP contribution in [0.2, 0.25) is 0 Å². The summed E-state index contributed by atoms with van der Waals surface area (Å²) < 4.78 is 1.43. The van der Waals surface area contributed by atoms with Crippen molar-refractivity contribution in [2.45, 2.75) is 19.9 Å². The number of nitrogens with one attached hydrogen (secondary N) is 2. The predicted octanol–water partition coefficient (Wildman–Crippen LogP) is 1.91. The highest BCUT2D eigenvalue weighted by Gasteiger charge is 2.05. The summed E-state index contributed by atoms with van der Waals surface area (Å²) in [6.07, 6.45) is 1.62. The second-order valence-corrected chi connectivity index (χ2v) is 6.35. The lowest BCUT2D eigenvalue weighted by Gasteiger charge is -2.06. The van der Waals surface area contributed by atoms with Gasteiger partial charge in [-0.3, -0.25) is 19.0 Å². The molecule has 1 aromatic heterocycles. The number of anilines is 1. The molecule has 2 amide bonds. The molecule has 2 aromatic carbocycles. The Morgan fingerprint density at radius 1 is 1.10 bits per heavy atom. The Morgan fingerprint density at radius 2 is 1.86 bits per heavy atom. The van der Waals surface area contributed by atoms with Crippen molar-refractivity contribution < 1.29 is 9.59 Å². The molecule has 0 atom stereocenters. The van der Waals surface area contributed by atoms with Gasteiger partial charge in [-0.2, -0.15) is 0 Å². The number of amides is 2. The number of fused-ring (bicyclic) bond motifs is 1. The lowest BCUT2D eigenvalue weighted by Crippen LogP contribution is -2.27. The lowest BCUT2D eigenvalue weighted by atomic mass is 10.2. The van der Waals surface area contributed by atoms with Gasteiger partial charge in [0.15, 0.2) is 0 Å². The topological polar surface area (TPSA) is 93.1 Å². The molecule has 3 aromatic rings. The average Bonchev–Trinajstić information content (AvgIpc) is 2.72. The molecule has 29 heavy (non-hydrogen) atoms. The van der Waals surface area contributed by atoms with E-state index in [1.807, 2.05) is 6.07 Å². The second kappa shape index (κ2) is 9.33. The maximum atomic E-state index is 12.4. The summed E-state index contributed by atoms with van der Waals surface area (Å²) in [6, 6.07) is 14.2. The normalized spacial score (nSPS) is 10.1. The summed E-state index contributed by atoms with van der Waals surface area (Å²) in [5.74, 6) is 5.49. The molecular weight excluding hydrogens is 368 g/mol. The third-order valence-corrected chi connectivity index (χ3v) is 4.12. The predicted molar refractivity (Wildman–Crippen MR) is 111 cm³/mol. The van der Waals surface area contributed by atoms with E-state index in [0.717, 1.165) is 5.56 Å². The van der Waals surface area contributed by atoms with Crippen molar-refractivity contribution >= 4 is 28.4 Å². The van der Waals surface area contributed by atoms with Gasteiger partial charge in [0, 0.05) is 31.1 Å². The molecule has 7 nitrogen and oxygen atoms in total. The highest BCUT2D eigenvalue weighted by atomic mass is 16.2. The number of para-hydroxylation sites is 1. The number of hydrogen-bond donors (Lipinski definition) is 2. The zero-order valence-electron chi connectivity index (χ0n) is 15.9. The highest BCUT2D eigenvalue weighted by molar-refractivity contribution is 5.88. The average molecular weight is 388 g/mol. The molecule has 0 bridgehead atoms. The van der Waals surface area contributed by atoms with Gasteiger partial charge < -0.3 is 10.6 Å². The molecule has 1 heterocycles. The van der Waals surface area contributed by atoms with Crippen LogP contribution in [0.15, 0.2) is 59.7 Å². The number of hydrogen-bond acceptors (Lipinski definition) is 4. The standard InChI is InChI=1S/C22H20N4O3/c1-16(27)25-18-10-8-17(9-11-18)5-4-13-23-21(28)12-14-26-15-24-20-7-3-2-6-19(20)22(26)29/h2-3,6-11,15H,12-14H2,1H3,(H,23,28)(H,25,27). The van der Waals surface area contributed by atoms with Crippen LogP contribution in [0.25, 0.3) is 10.9 Å². The first kappa shape index (κ1) is 19.8. The van der Waals surface area contributed by atoms with Crippen LogP contribution in [-0.2, 0) is 16.1 Å². The minimum Gasteiger partial charge on any atom is -0.345 e. The zero-order chi connectivity index (χ0) is 20.6. The molecule has 7 heteroatoms. The smallest absolute Gasteiger partial charge is 0.261 e. The van der Waals surface area contributed by atoms with Gasteiger partial charge in [0.25, 0.3) is 5.56 Å². The van der Waals surface area contributed by atoms with Crippen molar-refractivity contribution in [2.24, 2.45) is 0 Å². The van der Waals surface area contributed by atoms with Gasteiger partial charge in [0.1, 0.15) is 0 Å². The fourth-order valence-corrected chi connectivity index (χ4v) is 2.70. The van der Waals surface area contributed by atoms with Gasteiger partial charge in [0.05, 0.1) is 23.8 Å². The van der Waals surface area contributed by atoms with Crippen LogP contribution < -0.4 is 16.2 Å². The Kier molecular flexibility index (Phi) is 6.38. The van der Waals surface area contributed by atoms with Crippen molar-refractivity contribution in [2.75, 3.05) is 11.9 Å². The Hall–Kier alpha value is -3.92. The summed E-state index contributed by atoms with van der Waals surface area (Å²) in [7, 11) is 0. The Balaban J connectivity index is 1.49. The molecule has 0 saturated carbocycles. The van der Waals surface area contributed by atoms with Gasteiger partial charge in [-0.15, -0.1) is 0 Å². The monoisotopic (exact) mass is 388 g/mol. The third-order valence-electron chi connectivity index (χ3n) is 4.12. The van der Waals surface area contributed by atoms with Crippen LogP contribution in [0, 0.1) is 11.8 Å². The molecule has 0 spiro atoms. The maximum Gasteiger partial charge on any atom is 0.261 e. The lowest BCUT2D eigenvalue weighted by molar-refractivity contribution is -0.121. The summed E-state index contributed by atoms with van der Waals surface area (Å²) in [4.78, 5) is 39.6. The highest BCUT2D eigenvalue weighted by Crippen LogP contribution is 2.08. The van der Waals surface area contributed by atoms with Crippen molar-refractivity contribution in [3.8, 4) is 11.8 Å². The molecule has 3 rings (SSSR count). The largest absolute Gasteiger partial charge is 0.345 e. The second-order valence-electron chi connectivity index (χ2n) is 6.35. The Bertz CT molecular complexity index is 1150. The van der Waals surface area contributed by atoms with Crippen LogP contribution in [-0.4, -0.2) is 27.9 Å². The van der Waals surface area contributed by atoms with Crippen molar-refractivity contribution in [3.05, 3.63) is 70.8 Å². The maximum absolute atomic E-state index is 12.4. The molecule has 0 unspecified atom stereocenters. The minimum absolute atomic E-state index is 0.131. The Labute approximate surface area is 167 Å². The molecule has 0 aliphatic carbocycles. The molecule has 0 aliphatic heterocycles. The number of carbonyl (C=O) groups is 2. The number of aryl methyl sites for hydroxylation is 1. The van der Waals surface area contributed by atoms with Crippen molar-refractivity contribution in [1.29, 1.82) is 0 Å². The van der Waals surface area contributed by atoms with Crippen LogP contribution in [0.1, 0.15) is 18.9 Å².